The molecule has 0 atom stereocenters. The smallest absolute Gasteiger partial charge is 0.336 e. The highest BCUT2D eigenvalue weighted by atomic mass is 16.4. The van der Waals surface area contributed by atoms with E-state index in [-0.39, 0.29) is 33.4 Å². The monoisotopic (exact) mass is 518 g/mol. The van der Waals surface area contributed by atoms with Gasteiger partial charge in [-0.2, -0.15) is 0 Å². The first kappa shape index (κ1) is 24.2. The van der Waals surface area contributed by atoms with Crippen LogP contribution in [0.25, 0.3) is 0 Å². The Labute approximate surface area is 210 Å². The van der Waals surface area contributed by atoms with Gasteiger partial charge in [-0.3, -0.25) is 0 Å². The minimum Gasteiger partial charge on any atom is -0.478 e. The molecule has 0 amide bonds. The van der Waals surface area contributed by atoms with Crippen molar-refractivity contribution < 1.29 is 59.4 Å². The van der Waals surface area contributed by atoms with E-state index in [0.29, 0.717) is 0 Å². The van der Waals surface area contributed by atoms with Gasteiger partial charge in [0, 0.05) is 11.8 Å². The highest BCUT2D eigenvalue weighted by Gasteiger charge is 2.51. The van der Waals surface area contributed by atoms with Gasteiger partial charge >= 0.3 is 35.8 Å². The molecule has 3 aromatic carbocycles. The Morgan fingerprint density at radius 2 is 0.474 bits per heavy atom. The summed E-state index contributed by atoms with van der Waals surface area (Å²) in [6.45, 7) is 0. The van der Waals surface area contributed by atoms with Crippen molar-refractivity contribution in [1.82, 2.24) is 0 Å². The van der Waals surface area contributed by atoms with E-state index in [2.05, 4.69) is 0 Å². The number of hydrogen-bond acceptors (Lipinski definition) is 6. The van der Waals surface area contributed by atoms with E-state index in [4.69, 9.17) is 0 Å². The summed E-state index contributed by atoms with van der Waals surface area (Å²) in [6.07, 6.45) is 0. The fourth-order valence-electron chi connectivity index (χ4n) is 5.76. The zero-order chi connectivity index (χ0) is 27.8. The molecule has 3 aliphatic rings. The van der Waals surface area contributed by atoms with Crippen molar-refractivity contribution in [3.63, 3.8) is 0 Å². The van der Waals surface area contributed by atoms with Gasteiger partial charge in [-0.15, -0.1) is 0 Å². The summed E-state index contributed by atoms with van der Waals surface area (Å²) in [5.41, 5.74) is -4.23. The Hall–Kier alpha value is -5.52. The molecule has 2 bridgehead atoms. The lowest BCUT2D eigenvalue weighted by Crippen LogP contribution is -2.36. The molecule has 6 N–H and O–H groups in total. The van der Waals surface area contributed by atoms with Crippen LogP contribution in [-0.4, -0.2) is 66.5 Å². The standard InChI is InChI=1S/C26H14O12/c27-21(28)7-1-2-8(22(29)30)14-13(7)19-15-9(23(31)32)3-5-11(25(35)36)17(15)20(14)18-12(26(37)38)6-4-10(16(18)19)24(33)34/h1-6,19-20H,(H,27,28)(H,29,30)(H,31,32)(H,33,34)(H,35,36)(H,37,38). The van der Waals surface area contributed by atoms with Gasteiger partial charge in [-0.1, -0.05) is 0 Å². The lowest BCUT2D eigenvalue weighted by molar-refractivity contribution is 0.0671. The molecule has 0 fully saturated rings. The molecular formula is C26H14O12. The molecule has 0 heterocycles. The van der Waals surface area contributed by atoms with E-state index >= 15 is 0 Å². The zero-order valence-corrected chi connectivity index (χ0v) is 18.8. The van der Waals surface area contributed by atoms with Gasteiger partial charge in [-0.25, -0.2) is 28.8 Å². The van der Waals surface area contributed by atoms with Crippen molar-refractivity contribution in [3.8, 4) is 0 Å². The van der Waals surface area contributed by atoms with Gasteiger partial charge in [-0.05, 0) is 69.8 Å². The average Bonchev–Trinajstić information content (AvgIpc) is 2.85. The molecule has 0 spiro atoms. The maximum Gasteiger partial charge on any atom is 0.336 e. The molecule has 0 aliphatic heterocycles. The van der Waals surface area contributed by atoms with Gasteiger partial charge in [0.1, 0.15) is 0 Å². The number of rotatable bonds is 6. The molecule has 3 aliphatic carbocycles. The van der Waals surface area contributed by atoms with Crippen LogP contribution >= 0.6 is 0 Å². The molecule has 0 radical (unpaired) electrons. The van der Waals surface area contributed by atoms with E-state index in [1.54, 1.807) is 0 Å². The number of aromatic carboxylic acids is 6. The third kappa shape index (κ3) is 3.03. The average molecular weight is 518 g/mol. The maximum absolute atomic E-state index is 12.3. The highest BCUT2D eigenvalue weighted by Crippen LogP contribution is 2.60. The molecule has 6 rings (SSSR count). The first-order valence-electron chi connectivity index (χ1n) is 10.8. The molecule has 3 aromatic rings. The van der Waals surface area contributed by atoms with Crippen molar-refractivity contribution in [3.05, 3.63) is 103 Å². The fraction of sp³-hybridized carbons (Fsp3) is 0.0769. The van der Waals surface area contributed by atoms with Crippen LogP contribution in [0.2, 0.25) is 0 Å². The molecule has 12 heteroatoms. The minimum atomic E-state index is -1.61. The molecule has 12 nitrogen and oxygen atoms in total. The van der Waals surface area contributed by atoms with Crippen LogP contribution in [0.5, 0.6) is 0 Å². The Morgan fingerprint density at radius 3 is 0.579 bits per heavy atom. The summed E-state index contributed by atoms with van der Waals surface area (Å²) in [4.78, 5) is 73.6. The van der Waals surface area contributed by atoms with Crippen molar-refractivity contribution in [1.29, 1.82) is 0 Å². The lowest BCUT2D eigenvalue weighted by atomic mass is 9.56. The second-order valence-corrected chi connectivity index (χ2v) is 8.66. The maximum atomic E-state index is 12.3. The van der Waals surface area contributed by atoms with E-state index in [0.717, 1.165) is 36.4 Å². The van der Waals surface area contributed by atoms with E-state index in [1.807, 2.05) is 0 Å². The number of hydrogen-bond donors (Lipinski definition) is 6. The summed E-state index contributed by atoms with van der Waals surface area (Å²) in [5.74, 6) is -12.4. The summed E-state index contributed by atoms with van der Waals surface area (Å²) in [7, 11) is 0. The molecule has 38 heavy (non-hydrogen) atoms. The highest BCUT2D eigenvalue weighted by molar-refractivity contribution is 6.05. The molecule has 0 saturated carbocycles. The molecule has 190 valence electrons. The summed E-state index contributed by atoms with van der Waals surface area (Å²) >= 11 is 0. The third-order valence-electron chi connectivity index (χ3n) is 6.98. The zero-order valence-electron chi connectivity index (χ0n) is 18.8. The van der Waals surface area contributed by atoms with Crippen LogP contribution in [0.15, 0.2) is 36.4 Å². The SMILES string of the molecule is O=C(O)c1ccc(C(=O)O)c2c1C1c3c(C(=O)O)ccc(C(=O)O)c3C2c2c(C(=O)O)ccc(C(=O)O)c21. The van der Waals surface area contributed by atoms with Gasteiger partial charge in [0.15, 0.2) is 0 Å². The first-order valence-corrected chi connectivity index (χ1v) is 10.8. The van der Waals surface area contributed by atoms with Crippen molar-refractivity contribution in [2.45, 2.75) is 11.8 Å². The molecule has 0 unspecified atom stereocenters. The molecular weight excluding hydrogens is 504 g/mol. The summed E-state index contributed by atoms with van der Waals surface area (Å²) < 4.78 is 0. The fourth-order valence-corrected chi connectivity index (χ4v) is 5.76. The van der Waals surface area contributed by atoms with Crippen LogP contribution in [0, 0.1) is 0 Å². The topological polar surface area (TPSA) is 224 Å². The largest absolute Gasteiger partial charge is 0.478 e. The second kappa shape index (κ2) is 8.00. The normalized spacial score (nSPS) is 16.1. The van der Waals surface area contributed by atoms with Gasteiger partial charge in [0.05, 0.1) is 33.4 Å². The lowest BCUT2D eigenvalue weighted by Gasteiger charge is -2.45. The Balaban J connectivity index is 2.13. The van der Waals surface area contributed by atoms with Crippen molar-refractivity contribution >= 4 is 35.8 Å². The molecule has 0 aromatic heterocycles. The Bertz CT molecular complexity index is 1380. The summed E-state index contributed by atoms with van der Waals surface area (Å²) in [6, 6.07) is 5.88. The minimum absolute atomic E-state index is 0.238. The van der Waals surface area contributed by atoms with Gasteiger partial charge in [0.2, 0.25) is 0 Å². The number of benzene rings is 3. The first-order chi connectivity index (χ1) is 17.9. The van der Waals surface area contributed by atoms with Crippen molar-refractivity contribution in [2.75, 3.05) is 0 Å². The Kier molecular flexibility index (Phi) is 5.09. The van der Waals surface area contributed by atoms with Gasteiger partial charge in [0.25, 0.3) is 0 Å². The van der Waals surface area contributed by atoms with E-state index in [9.17, 15) is 59.4 Å². The van der Waals surface area contributed by atoms with Crippen LogP contribution < -0.4 is 0 Å². The van der Waals surface area contributed by atoms with Crippen molar-refractivity contribution in [2.24, 2.45) is 0 Å². The second-order valence-electron chi connectivity index (χ2n) is 8.66. The summed E-state index contributed by atoms with van der Waals surface area (Å²) in [5, 5.41) is 59.8. The van der Waals surface area contributed by atoms with Crippen LogP contribution in [0.4, 0.5) is 0 Å². The predicted molar refractivity (Wildman–Crippen MR) is 123 cm³/mol. The number of carbonyl (C=O) groups is 6. The Morgan fingerprint density at radius 1 is 0.342 bits per heavy atom. The van der Waals surface area contributed by atoms with E-state index in [1.165, 1.54) is 0 Å². The van der Waals surface area contributed by atoms with Crippen LogP contribution in [0.1, 0.15) is 107 Å². The van der Waals surface area contributed by atoms with E-state index < -0.39 is 81.0 Å². The van der Waals surface area contributed by atoms with Crippen LogP contribution in [-0.2, 0) is 0 Å². The predicted octanol–water partition coefficient (Wildman–Crippen LogP) is 2.86. The van der Waals surface area contributed by atoms with Crippen LogP contribution in [0.3, 0.4) is 0 Å². The third-order valence-corrected chi connectivity index (χ3v) is 6.98. The number of carboxylic acids is 6. The van der Waals surface area contributed by atoms with Gasteiger partial charge < -0.3 is 30.6 Å². The number of carboxylic acid groups (broad SMARTS) is 6. The molecule has 0 saturated heterocycles. The quantitative estimate of drug-likeness (QED) is 0.191.